The SMILES string of the molecule is CCN(CC)CCn1ccc2cc(-c3ccc(Oc4ccc(C)cc4)cc3)ccc21. The van der Waals surface area contributed by atoms with Crippen LogP contribution in [-0.4, -0.2) is 29.1 Å². The Labute approximate surface area is 179 Å². The molecule has 0 atom stereocenters. The number of ether oxygens (including phenoxy) is 1. The Hall–Kier alpha value is -3.04. The first kappa shape index (κ1) is 20.2. The second-order valence-corrected chi connectivity index (χ2v) is 7.75. The van der Waals surface area contributed by atoms with Gasteiger partial charge in [-0.25, -0.2) is 0 Å². The first-order valence-corrected chi connectivity index (χ1v) is 10.8. The molecule has 0 spiro atoms. The van der Waals surface area contributed by atoms with E-state index >= 15 is 0 Å². The van der Waals surface area contributed by atoms with Crippen LogP contribution in [0.1, 0.15) is 19.4 Å². The lowest BCUT2D eigenvalue weighted by atomic mass is 10.0. The van der Waals surface area contributed by atoms with Crippen molar-refractivity contribution in [1.82, 2.24) is 9.47 Å². The maximum absolute atomic E-state index is 5.96. The number of fused-ring (bicyclic) bond motifs is 1. The fourth-order valence-corrected chi connectivity index (χ4v) is 3.82. The summed E-state index contributed by atoms with van der Waals surface area (Å²) < 4.78 is 8.31. The van der Waals surface area contributed by atoms with E-state index in [2.05, 4.69) is 85.0 Å². The van der Waals surface area contributed by atoms with Gasteiger partial charge in [-0.05, 0) is 73.6 Å². The van der Waals surface area contributed by atoms with Crippen molar-refractivity contribution in [1.29, 1.82) is 0 Å². The number of aromatic nitrogens is 1. The highest BCUT2D eigenvalue weighted by atomic mass is 16.5. The van der Waals surface area contributed by atoms with Gasteiger partial charge < -0.3 is 14.2 Å². The number of benzene rings is 3. The summed E-state index contributed by atoms with van der Waals surface area (Å²) in [6, 6.07) is 25.4. The molecule has 1 heterocycles. The molecule has 0 amide bonds. The highest BCUT2D eigenvalue weighted by Crippen LogP contribution is 2.28. The zero-order valence-corrected chi connectivity index (χ0v) is 18.1. The maximum atomic E-state index is 5.96. The van der Waals surface area contributed by atoms with Crippen molar-refractivity contribution in [3.05, 3.63) is 84.6 Å². The molecule has 0 saturated carbocycles. The monoisotopic (exact) mass is 398 g/mol. The zero-order valence-electron chi connectivity index (χ0n) is 18.1. The molecule has 0 radical (unpaired) electrons. The van der Waals surface area contributed by atoms with Crippen molar-refractivity contribution in [3.8, 4) is 22.6 Å². The molecule has 0 bridgehead atoms. The fourth-order valence-electron chi connectivity index (χ4n) is 3.82. The summed E-state index contributed by atoms with van der Waals surface area (Å²) >= 11 is 0. The van der Waals surface area contributed by atoms with Crippen LogP contribution in [0.4, 0.5) is 0 Å². The third-order valence-corrected chi connectivity index (χ3v) is 5.77. The first-order valence-electron chi connectivity index (χ1n) is 10.8. The summed E-state index contributed by atoms with van der Waals surface area (Å²) in [6.45, 7) is 10.8. The Balaban J connectivity index is 1.48. The topological polar surface area (TPSA) is 17.4 Å². The number of likely N-dealkylation sites (N-methyl/N-ethyl adjacent to an activating group) is 1. The summed E-state index contributed by atoms with van der Waals surface area (Å²) in [7, 11) is 0. The number of aryl methyl sites for hydroxylation is 1. The van der Waals surface area contributed by atoms with Crippen molar-refractivity contribution in [2.75, 3.05) is 19.6 Å². The third kappa shape index (κ3) is 4.58. The molecular formula is C27H30N2O. The van der Waals surface area contributed by atoms with Crippen LogP contribution in [0.3, 0.4) is 0 Å². The Morgan fingerprint density at radius 2 is 1.40 bits per heavy atom. The summed E-state index contributed by atoms with van der Waals surface area (Å²) in [5, 5.41) is 1.28. The Morgan fingerprint density at radius 1 is 0.767 bits per heavy atom. The van der Waals surface area contributed by atoms with Gasteiger partial charge in [0.15, 0.2) is 0 Å². The van der Waals surface area contributed by atoms with Gasteiger partial charge in [-0.15, -0.1) is 0 Å². The van der Waals surface area contributed by atoms with E-state index in [9.17, 15) is 0 Å². The number of rotatable bonds is 8. The van der Waals surface area contributed by atoms with Crippen LogP contribution in [0, 0.1) is 6.92 Å². The molecule has 1 aromatic heterocycles. The van der Waals surface area contributed by atoms with E-state index in [1.54, 1.807) is 0 Å². The first-order chi connectivity index (χ1) is 14.7. The lowest BCUT2D eigenvalue weighted by Crippen LogP contribution is -2.26. The lowest BCUT2D eigenvalue weighted by Gasteiger charge is -2.18. The second-order valence-electron chi connectivity index (χ2n) is 7.75. The van der Waals surface area contributed by atoms with Gasteiger partial charge in [0.25, 0.3) is 0 Å². The molecule has 0 fully saturated rings. The molecule has 3 nitrogen and oxygen atoms in total. The van der Waals surface area contributed by atoms with Crippen LogP contribution in [0.2, 0.25) is 0 Å². The van der Waals surface area contributed by atoms with Gasteiger partial charge in [0.1, 0.15) is 11.5 Å². The molecule has 0 N–H and O–H groups in total. The summed E-state index contributed by atoms with van der Waals surface area (Å²) in [6.07, 6.45) is 2.20. The predicted octanol–water partition coefficient (Wildman–Crippen LogP) is 6.75. The Kier molecular flexibility index (Phi) is 6.20. The fraction of sp³-hybridized carbons (Fsp3) is 0.259. The van der Waals surface area contributed by atoms with Crippen LogP contribution in [-0.2, 0) is 6.54 Å². The van der Waals surface area contributed by atoms with Crippen LogP contribution >= 0.6 is 0 Å². The third-order valence-electron chi connectivity index (χ3n) is 5.77. The van der Waals surface area contributed by atoms with E-state index in [4.69, 9.17) is 4.74 Å². The van der Waals surface area contributed by atoms with Gasteiger partial charge in [0.2, 0.25) is 0 Å². The summed E-state index contributed by atoms with van der Waals surface area (Å²) in [4.78, 5) is 2.46. The molecule has 30 heavy (non-hydrogen) atoms. The van der Waals surface area contributed by atoms with Crippen molar-refractivity contribution in [2.24, 2.45) is 0 Å². The van der Waals surface area contributed by atoms with Gasteiger partial charge >= 0.3 is 0 Å². The van der Waals surface area contributed by atoms with Crippen LogP contribution < -0.4 is 4.74 Å². The minimum atomic E-state index is 0.853. The lowest BCUT2D eigenvalue weighted by molar-refractivity contribution is 0.292. The molecule has 4 aromatic rings. The summed E-state index contributed by atoms with van der Waals surface area (Å²) in [5.74, 6) is 1.71. The van der Waals surface area contributed by atoms with Crippen LogP contribution in [0.5, 0.6) is 11.5 Å². The Bertz CT molecular complexity index is 1090. The van der Waals surface area contributed by atoms with E-state index in [0.717, 1.165) is 37.7 Å². The van der Waals surface area contributed by atoms with Gasteiger partial charge in [-0.3, -0.25) is 0 Å². The number of nitrogens with zero attached hydrogens (tertiary/aromatic N) is 2. The predicted molar refractivity (Wildman–Crippen MR) is 126 cm³/mol. The average Bonchev–Trinajstić information content (AvgIpc) is 3.19. The average molecular weight is 399 g/mol. The van der Waals surface area contributed by atoms with E-state index in [-0.39, 0.29) is 0 Å². The number of hydrogen-bond donors (Lipinski definition) is 0. The molecule has 0 aliphatic rings. The van der Waals surface area contributed by atoms with Crippen molar-refractivity contribution in [2.45, 2.75) is 27.3 Å². The van der Waals surface area contributed by atoms with E-state index in [1.807, 2.05) is 24.3 Å². The molecule has 3 aromatic carbocycles. The number of hydrogen-bond acceptors (Lipinski definition) is 2. The minimum Gasteiger partial charge on any atom is -0.457 e. The molecule has 154 valence electrons. The van der Waals surface area contributed by atoms with E-state index < -0.39 is 0 Å². The largest absolute Gasteiger partial charge is 0.457 e. The smallest absolute Gasteiger partial charge is 0.127 e. The Morgan fingerprint density at radius 3 is 2.07 bits per heavy atom. The van der Waals surface area contributed by atoms with Gasteiger partial charge in [0, 0.05) is 30.2 Å². The van der Waals surface area contributed by atoms with E-state index in [0.29, 0.717) is 0 Å². The maximum Gasteiger partial charge on any atom is 0.127 e. The molecule has 0 unspecified atom stereocenters. The molecule has 0 aliphatic heterocycles. The molecule has 0 saturated heterocycles. The van der Waals surface area contributed by atoms with Crippen molar-refractivity contribution >= 4 is 10.9 Å². The second kappa shape index (κ2) is 9.19. The molecule has 4 rings (SSSR count). The normalized spacial score (nSPS) is 11.3. The molecule has 0 aliphatic carbocycles. The van der Waals surface area contributed by atoms with Crippen molar-refractivity contribution in [3.63, 3.8) is 0 Å². The molecular weight excluding hydrogens is 368 g/mol. The van der Waals surface area contributed by atoms with Crippen molar-refractivity contribution < 1.29 is 4.74 Å². The van der Waals surface area contributed by atoms with Crippen LogP contribution in [0.15, 0.2) is 79.0 Å². The summed E-state index contributed by atoms with van der Waals surface area (Å²) in [5.41, 5.74) is 4.95. The zero-order chi connectivity index (χ0) is 20.9. The standard InChI is InChI=1S/C27H30N2O/c1-4-28(5-2)18-19-29-17-16-24-20-23(10-15-27(24)29)22-8-13-26(14-9-22)30-25-11-6-21(3)7-12-25/h6-17,20H,4-5,18-19H2,1-3H3. The van der Waals surface area contributed by atoms with Gasteiger partial charge in [-0.2, -0.15) is 0 Å². The van der Waals surface area contributed by atoms with Crippen LogP contribution in [0.25, 0.3) is 22.0 Å². The highest BCUT2D eigenvalue weighted by molar-refractivity contribution is 5.85. The molecule has 3 heteroatoms. The minimum absolute atomic E-state index is 0.853. The van der Waals surface area contributed by atoms with Gasteiger partial charge in [-0.1, -0.05) is 49.7 Å². The quantitative estimate of drug-likeness (QED) is 0.326. The van der Waals surface area contributed by atoms with Gasteiger partial charge in [0.05, 0.1) is 0 Å². The highest BCUT2D eigenvalue weighted by Gasteiger charge is 2.06. The van der Waals surface area contributed by atoms with E-state index in [1.165, 1.54) is 27.6 Å².